The quantitative estimate of drug-likeness (QED) is 0.854. The summed E-state index contributed by atoms with van der Waals surface area (Å²) in [6, 6.07) is 4.34. The average molecular weight is 290 g/mol. The Kier molecular flexibility index (Phi) is 4.20. The molecule has 0 aliphatic carbocycles. The first-order valence-electron chi connectivity index (χ1n) is 7.91. The van der Waals surface area contributed by atoms with Gasteiger partial charge < -0.3 is 14.7 Å². The zero-order chi connectivity index (χ0) is 15.0. The van der Waals surface area contributed by atoms with E-state index in [2.05, 4.69) is 42.8 Å². The third-order valence-electron chi connectivity index (χ3n) is 4.99. The summed E-state index contributed by atoms with van der Waals surface area (Å²) < 4.78 is 5.90. The van der Waals surface area contributed by atoms with E-state index in [1.165, 1.54) is 11.1 Å². The first-order chi connectivity index (χ1) is 10.1. The van der Waals surface area contributed by atoms with E-state index in [0.29, 0.717) is 6.61 Å². The largest absolute Gasteiger partial charge is 0.493 e. The van der Waals surface area contributed by atoms with Crippen LogP contribution in [0.15, 0.2) is 12.1 Å². The highest BCUT2D eigenvalue weighted by molar-refractivity contribution is 5.44. The van der Waals surface area contributed by atoms with Crippen LogP contribution >= 0.6 is 0 Å². The highest BCUT2D eigenvalue weighted by atomic mass is 16.5. The van der Waals surface area contributed by atoms with Gasteiger partial charge in [0.25, 0.3) is 0 Å². The van der Waals surface area contributed by atoms with Crippen molar-refractivity contribution in [2.75, 3.05) is 39.8 Å². The van der Waals surface area contributed by atoms with Crippen molar-refractivity contribution >= 4 is 0 Å². The molecule has 1 N–H and O–H groups in total. The molecule has 4 heteroatoms. The minimum atomic E-state index is -0.454. The van der Waals surface area contributed by atoms with Crippen molar-refractivity contribution in [1.82, 2.24) is 9.80 Å². The van der Waals surface area contributed by atoms with E-state index in [1.807, 2.05) is 0 Å². The van der Waals surface area contributed by atoms with Gasteiger partial charge in [-0.25, -0.2) is 0 Å². The minimum absolute atomic E-state index is 0.169. The highest BCUT2D eigenvalue weighted by Crippen LogP contribution is 2.36. The lowest BCUT2D eigenvalue weighted by Crippen LogP contribution is -2.50. The molecular formula is C17H26N2O2. The summed E-state index contributed by atoms with van der Waals surface area (Å²) in [4.78, 5) is 4.77. The maximum absolute atomic E-state index is 10.9. The van der Waals surface area contributed by atoms with Crippen LogP contribution in [0.3, 0.4) is 0 Å². The lowest BCUT2D eigenvalue weighted by Gasteiger charge is -2.39. The zero-order valence-corrected chi connectivity index (χ0v) is 13.3. The van der Waals surface area contributed by atoms with Gasteiger partial charge in [0.05, 0.1) is 12.7 Å². The van der Waals surface area contributed by atoms with E-state index in [9.17, 15) is 5.11 Å². The Bertz CT molecular complexity index is 510. The molecule has 0 bridgehead atoms. The number of hydrogen-bond donors (Lipinski definition) is 1. The second kappa shape index (κ2) is 5.95. The molecule has 1 aromatic rings. The molecule has 1 fully saturated rings. The monoisotopic (exact) mass is 290 g/mol. The maximum Gasteiger partial charge on any atom is 0.125 e. The van der Waals surface area contributed by atoms with Crippen molar-refractivity contribution in [2.24, 2.45) is 0 Å². The van der Waals surface area contributed by atoms with Gasteiger partial charge in [0.1, 0.15) is 5.75 Å². The molecule has 1 aromatic carbocycles. The Hall–Kier alpha value is -1.10. The van der Waals surface area contributed by atoms with Gasteiger partial charge in [-0.05, 0) is 50.6 Å². The van der Waals surface area contributed by atoms with Crippen LogP contribution in [0.2, 0.25) is 0 Å². The van der Waals surface area contributed by atoms with Gasteiger partial charge in [0, 0.05) is 37.8 Å². The highest BCUT2D eigenvalue weighted by Gasteiger charge is 2.33. The molecule has 0 radical (unpaired) electrons. The molecule has 2 heterocycles. The summed E-state index contributed by atoms with van der Waals surface area (Å²) in [6.45, 7) is 9.07. The summed E-state index contributed by atoms with van der Waals surface area (Å²) in [5.41, 5.74) is 3.40. The molecule has 4 nitrogen and oxygen atoms in total. The molecule has 21 heavy (non-hydrogen) atoms. The second-order valence-corrected chi connectivity index (χ2v) is 6.46. The molecule has 2 unspecified atom stereocenters. The van der Waals surface area contributed by atoms with E-state index >= 15 is 0 Å². The predicted octanol–water partition coefficient (Wildman–Crippen LogP) is 1.74. The third-order valence-corrected chi connectivity index (χ3v) is 4.99. The molecule has 3 rings (SSSR count). The standard InChI is InChI=1S/C17H26N2O2/c1-12-10-14-16(11-13(12)2)21-9-4-15(17(14)20)19-7-5-18(3)6-8-19/h10-11,15,17,20H,4-9H2,1-3H3. The van der Waals surface area contributed by atoms with Crippen LogP contribution in [0.25, 0.3) is 0 Å². The van der Waals surface area contributed by atoms with Gasteiger partial charge in [-0.1, -0.05) is 0 Å². The number of aryl methyl sites for hydroxylation is 2. The maximum atomic E-state index is 10.9. The Balaban J connectivity index is 1.85. The topological polar surface area (TPSA) is 35.9 Å². The molecule has 0 amide bonds. The number of aliphatic hydroxyl groups is 1. The summed E-state index contributed by atoms with van der Waals surface area (Å²) in [7, 11) is 2.16. The van der Waals surface area contributed by atoms with Crippen LogP contribution < -0.4 is 4.74 Å². The summed E-state index contributed by atoms with van der Waals surface area (Å²) in [6.07, 6.45) is 0.433. The van der Waals surface area contributed by atoms with Crippen molar-refractivity contribution in [3.63, 3.8) is 0 Å². The van der Waals surface area contributed by atoms with Crippen molar-refractivity contribution in [3.05, 3.63) is 28.8 Å². The lowest BCUT2D eigenvalue weighted by atomic mass is 9.95. The fraction of sp³-hybridized carbons (Fsp3) is 0.647. The number of nitrogens with zero attached hydrogens (tertiary/aromatic N) is 2. The van der Waals surface area contributed by atoms with Gasteiger partial charge in [-0.15, -0.1) is 0 Å². The van der Waals surface area contributed by atoms with E-state index in [4.69, 9.17) is 4.74 Å². The van der Waals surface area contributed by atoms with Crippen LogP contribution in [0, 0.1) is 13.8 Å². The van der Waals surface area contributed by atoms with Crippen LogP contribution in [0.1, 0.15) is 29.2 Å². The number of benzene rings is 1. The first kappa shape index (κ1) is 14.8. The second-order valence-electron chi connectivity index (χ2n) is 6.46. The third kappa shape index (κ3) is 2.93. The van der Waals surface area contributed by atoms with Gasteiger partial charge in [-0.2, -0.15) is 0 Å². The number of aliphatic hydroxyl groups excluding tert-OH is 1. The minimum Gasteiger partial charge on any atom is -0.493 e. The molecule has 0 aromatic heterocycles. The van der Waals surface area contributed by atoms with E-state index in [0.717, 1.165) is 43.9 Å². The average Bonchev–Trinajstić information content (AvgIpc) is 2.61. The molecular weight excluding hydrogens is 264 g/mol. The SMILES string of the molecule is Cc1cc2c(cc1C)C(O)C(N1CCN(C)CC1)CCO2. The van der Waals surface area contributed by atoms with Crippen LogP contribution in [0.4, 0.5) is 0 Å². The van der Waals surface area contributed by atoms with Crippen LogP contribution in [0.5, 0.6) is 5.75 Å². The van der Waals surface area contributed by atoms with Crippen molar-refractivity contribution < 1.29 is 9.84 Å². The smallest absolute Gasteiger partial charge is 0.125 e. The predicted molar refractivity (Wildman–Crippen MR) is 83.8 cm³/mol. The summed E-state index contributed by atoms with van der Waals surface area (Å²) in [5.74, 6) is 0.863. The Morgan fingerprint density at radius 3 is 2.48 bits per heavy atom. The summed E-state index contributed by atoms with van der Waals surface area (Å²) >= 11 is 0. The molecule has 0 saturated carbocycles. The fourth-order valence-electron chi connectivity index (χ4n) is 3.36. The van der Waals surface area contributed by atoms with Crippen molar-refractivity contribution in [2.45, 2.75) is 32.4 Å². The number of likely N-dealkylation sites (N-methyl/N-ethyl adjacent to an activating group) is 1. The summed E-state index contributed by atoms with van der Waals surface area (Å²) in [5, 5.41) is 10.9. The van der Waals surface area contributed by atoms with Gasteiger partial charge in [-0.3, -0.25) is 4.90 Å². The number of ether oxygens (including phenoxy) is 1. The van der Waals surface area contributed by atoms with Crippen molar-refractivity contribution in [1.29, 1.82) is 0 Å². The molecule has 1 saturated heterocycles. The molecule has 2 aliphatic rings. The van der Waals surface area contributed by atoms with E-state index in [1.54, 1.807) is 0 Å². The van der Waals surface area contributed by atoms with Gasteiger partial charge >= 0.3 is 0 Å². The Morgan fingerprint density at radius 1 is 1.10 bits per heavy atom. The van der Waals surface area contributed by atoms with E-state index < -0.39 is 6.10 Å². The molecule has 0 spiro atoms. The normalized spacial score (nSPS) is 27.8. The van der Waals surface area contributed by atoms with Crippen LogP contribution in [-0.4, -0.2) is 60.8 Å². The Labute approximate surface area is 127 Å². The zero-order valence-electron chi connectivity index (χ0n) is 13.3. The number of piperazine rings is 1. The van der Waals surface area contributed by atoms with Gasteiger partial charge in [0.15, 0.2) is 0 Å². The number of fused-ring (bicyclic) bond motifs is 1. The lowest BCUT2D eigenvalue weighted by molar-refractivity contribution is 0.0191. The van der Waals surface area contributed by atoms with Gasteiger partial charge in [0.2, 0.25) is 0 Å². The molecule has 2 atom stereocenters. The van der Waals surface area contributed by atoms with Crippen LogP contribution in [-0.2, 0) is 0 Å². The van der Waals surface area contributed by atoms with E-state index in [-0.39, 0.29) is 6.04 Å². The number of rotatable bonds is 1. The molecule has 2 aliphatic heterocycles. The van der Waals surface area contributed by atoms with Crippen molar-refractivity contribution in [3.8, 4) is 5.75 Å². The molecule has 116 valence electrons. The fourth-order valence-corrected chi connectivity index (χ4v) is 3.36. The Morgan fingerprint density at radius 2 is 1.76 bits per heavy atom. The first-order valence-corrected chi connectivity index (χ1v) is 7.91. The number of hydrogen-bond acceptors (Lipinski definition) is 4.